The smallest absolute Gasteiger partial charge is 0.0285 e. The Balaban J connectivity index is 2.09. The van der Waals surface area contributed by atoms with Crippen LogP contribution in [0, 0.1) is 18.4 Å². The Morgan fingerprint density at radius 3 is 2.75 bits per heavy atom. The highest BCUT2D eigenvalue weighted by Crippen LogP contribution is 2.28. The Labute approximate surface area is 50.7 Å². The maximum atomic E-state index is 5.12. The number of hydrogen-bond acceptors (Lipinski definition) is 1. The summed E-state index contributed by atoms with van der Waals surface area (Å²) in [6.07, 6.45) is 7.89. The van der Waals surface area contributed by atoms with Crippen LogP contribution in [0.3, 0.4) is 0 Å². The van der Waals surface area contributed by atoms with Crippen LogP contribution in [-0.4, -0.2) is 18.5 Å². The van der Waals surface area contributed by atoms with Gasteiger partial charge in [0, 0.05) is 19.6 Å². The summed E-state index contributed by atoms with van der Waals surface area (Å²) in [4.78, 5) is 1.91. The summed E-state index contributed by atoms with van der Waals surface area (Å²) in [6, 6.07) is 2.57. The molecule has 0 N–H and O–H groups in total. The van der Waals surface area contributed by atoms with Gasteiger partial charge in [-0.25, -0.2) is 0 Å². The van der Waals surface area contributed by atoms with Crippen molar-refractivity contribution in [2.75, 3.05) is 13.6 Å². The third kappa shape index (κ3) is 1.46. The van der Waals surface area contributed by atoms with Crippen molar-refractivity contribution >= 4 is 0 Å². The monoisotopic (exact) mass is 109 g/mol. The third-order valence-electron chi connectivity index (χ3n) is 1.45. The van der Waals surface area contributed by atoms with Crippen molar-refractivity contribution in [1.29, 1.82) is 0 Å². The Bertz CT molecular complexity index is 108. The molecule has 1 heteroatoms. The molecule has 0 aromatic heterocycles. The predicted octanol–water partition coefficient (Wildman–Crippen LogP) is 0.919. The summed E-state index contributed by atoms with van der Waals surface area (Å²) >= 11 is 0. The molecule has 0 unspecified atom stereocenters. The normalized spacial score (nSPS) is 17.5. The number of rotatable bonds is 2. The first-order chi connectivity index (χ1) is 3.83. The highest BCUT2D eigenvalue weighted by molar-refractivity contribution is 4.86. The van der Waals surface area contributed by atoms with E-state index in [0.29, 0.717) is 0 Å². The molecule has 0 amide bonds. The zero-order valence-corrected chi connectivity index (χ0v) is 5.22. The summed E-state index contributed by atoms with van der Waals surface area (Å²) in [7, 11) is 1.96. The van der Waals surface area contributed by atoms with Gasteiger partial charge in [0.05, 0.1) is 0 Å². The van der Waals surface area contributed by atoms with Crippen LogP contribution in [0.25, 0.3) is 0 Å². The average Bonchev–Trinajstić information content (AvgIpc) is 2.50. The van der Waals surface area contributed by atoms with Crippen molar-refractivity contribution in [3.8, 4) is 12.5 Å². The molecule has 1 aliphatic rings. The highest BCUT2D eigenvalue weighted by Gasteiger charge is 2.21. The van der Waals surface area contributed by atoms with E-state index in [9.17, 15) is 0 Å². The van der Waals surface area contributed by atoms with Crippen LogP contribution >= 0.6 is 0 Å². The first-order valence-electron chi connectivity index (χ1n) is 3.00. The van der Waals surface area contributed by atoms with Crippen molar-refractivity contribution in [2.24, 2.45) is 5.92 Å². The molecule has 0 aromatic carbocycles. The van der Waals surface area contributed by atoms with Crippen LogP contribution in [-0.2, 0) is 0 Å². The molecule has 0 radical (unpaired) electrons. The van der Waals surface area contributed by atoms with Gasteiger partial charge in [-0.1, -0.05) is 6.42 Å². The molecule has 1 fully saturated rings. The fourth-order valence-electron chi connectivity index (χ4n) is 0.740. The second kappa shape index (κ2) is 2.09. The maximum absolute atomic E-state index is 5.12. The van der Waals surface area contributed by atoms with Crippen LogP contribution < -0.4 is 0 Å². The minimum Gasteiger partial charge on any atom is -0.336 e. The zero-order chi connectivity index (χ0) is 5.98. The average molecular weight is 109 g/mol. The van der Waals surface area contributed by atoms with Crippen molar-refractivity contribution in [3.05, 3.63) is 0 Å². The van der Waals surface area contributed by atoms with Crippen molar-refractivity contribution in [1.82, 2.24) is 4.90 Å². The van der Waals surface area contributed by atoms with Crippen molar-refractivity contribution < 1.29 is 0 Å². The van der Waals surface area contributed by atoms with Gasteiger partial charge in [0.1, 0.15) is 0 Å². The van der Waals surface area contributed by atoms with Gasteiger partial charge in [0.15, 0.2) is 0 Å². The lowest BCUT2D eigenvalue weighted by Gasteiger charge is -2.07. The zero-order valence-electron chi connectivity index (χ0n) is 5.22. The number of terminal acetylenes is 1. The molecule has 1 nitrogen and oxygen atoms in total. The second-order valence-electron chi connectivity index (χ2n) is 2.45. The Morgan fingerprint density at radius 1 is 1.75 bits per heavy atom. The van der Waals surface area contributed by atoms with Crippen LogP contribution in [0.2, 0.25) is 0 Å². The van der Waals surface area contributed by atoms with Gasteiger partial charge in [0.25, 0.3) is 0 Å². The first-order valence-corrected chi connectivity index (χ1v) is 3.00. The minimum atomic E-state index is 0.913. The topological polar surface area (TPSA) is 3.24 Å². The number of nitrogens with zero attached hydrogens (tertiary/aromatic N) is 1. The van der Waals surface area contributed by atoms with Gasteiger partial charge >= 0.3 is 0 Å². The van der Waals surface area contributed by atoms with Gasteiger partial charge < -0.3 is 4.90 Å². The van der Waals surface area contributed by atoms with E-state index in [0.717, 1.165) is 12.5 Å². The van der Waals surface area contributed by atoms with E-state index in [-0.39, 0.29) is 0 Å². The summed E-state index contributed by atoms with van der Waals surface area (Å²) in [6.45, 7) is 1.09. The maximum Gasteiger partial charge on any atom is 0.0285 e. The third-order valence-corrected chi connectivity index (χ3v) is 1.45. The van der Waals surface area contributed by atoms with E-state index in [2.05, 4.69) is 6.04 Å². The second-order valence-corrected chi connectivity index (χ2v) is 2.45. The van der Waals surface area contributed by atoms with E-state index in [1.165, 1.54) is 12.8 Å². The minimum absolute atomic E-state index is 0.913. The largest absolute Gasteiger partial charge is 0.336 e. The lowest BCUT2D eigenvalue weighted by Crippen LogP contribution is -2.13. The van der Waals surface area contributed by atoms with Gasteiger partial charge in [-0.3, -0.25) is 0 Å². The van der Waals surface area contributed by atoms with Crippen LogP contribution in [0.5, 0.6) is 0 Å². The fourth-order valence-corrected chi connectivity index (χ4v) is 0.740. The molecule has 8 heavy (non-hydrogen) atoms. The van der Waals surface area contributed by atoms with Gasteiger partial charge in [-0.2, -0.15) is 0 Å². The van der Waals surface area contributed by atoms with E-state index in [4.69, 9.17) is 6.42 Å². The molecule has 0 atom stereocenters. The molecule has 44 valence electrons. The lowest BCUT2D eigenvalue weighted by molar-refractivity contribution is 0.456. The van der Waals surface area contributed by atoms with Gasteiger partial charge in [-0.05, 0) is 18.8 Å². The molecule has 0 heterocycles. The molecule has 0 spiro atoms. The quantitative estimate of drug-likeness (QED) is 0.376. The highest BCUT2D eigenvalue weighted by atomic mass is 15.1. The molecular formula is C7H11N. The summed E-state index contributed by atoms with van der Waals surface area (Å²) in [5, 5.41) is 0. The molecule has 0 bridgehead atoms. The molecule has 0 aliphatic heterocycles. The Kier molecular flexibility index (Phi) is 1.43. The molecule has 1 aliphatic carbocycles. The standard InChI is InChI=1S/C7H11N/c1-3-8(2)6-7-4-5-7/h1,7H,4-6H2,2H3. The van der Waals surface area contributed by atoms with Crippen molar-refractivity contribution in [2.45, 2.75) is 12.8 Å². The van der Waals surface area contributed by atoms with Crippen LogP contribution in [0.15, 0.2) is 0 Å². The van der Waals surface area contributed by atoms with E-state index in [1.807, 2.05) is 11.9 Å². The molecule has 1 saturated carbocycles. The van der Waals surface area contributed by atoms with Crippen LogP contribution in [0.4, 0.5) is 0 Å². The predicted molar refractivity (Wildman–Crippen MR) is 34.2 cm³/mol. The molecule has 0 saturated heterocycles. The molecule has 1 rings (SSSR count). The van der Waals surface area contributed by atoms with E-state index >= 15 is 0 Å². The summed E-state index contributed by atoms with van der Waals surface area (Å²) in [5.74, 6) is 0.913. The fraction of sp³-hybridized carbons (Fsp3) is 0.714. The Morgan fingerprint density at radius 2 is 2.38 bits per heavy atom. The molecular weight excluding hydrogens is 98.1 g/mol. The van der Waals surface area contributed by atoms with Crippen LogP contribution in [0.1, 0.15) is 12.8 Å². The van der Waals surface area contributed by atoms with Gasteiger partial charge in [0.2, 0.25) is 0 Å². The Hall–Kier alpha value is -0.640. The van der Waals surface area contributed by atoms with E-state index in [1.54, 1.807) is 0 Å². The lowest BCUT2D eigenvalue weighted by atomic mass is 10.4. The molecule has 0 aromatic rings. The van der Waals surface area contributed by atoms with E-state index < -0.39 is 0 Å². The van der Waals surface area contributed by atoms with Crippen molar-refractivity contribution in [3.63, 3.8) is 0 Å². The SMILES string of the molecule is C#CN(C)CC1CC1. The summed E-state index contributed by atoms with van der Waals surface area (Å²) in [5.41, 5.74) is 0. The summed E-state index contributed by atoms with van der Waals surface area (Å²) < 4.78 is 0. The first kappa shape index (κ1) is 5.50. The number of hydrogen-bond donors (Lipinski definition) is 0. The van der Waals surface area contributed by atoms with Gasteiger partial charge in [-0.15, -0.1) is 0 Å².